The minimum absolute atomic E-state index is 0.0386. The Hall–Kier alpha value is -7.56. The van der Waals surface area contributed by atoms with Crippen LogP contribution in [0.4, 0.5) is 0 Å². The Labute approximate surface area is 465 Å². The molecule has 6 unspecified atom stereocenters. The summed E-state index contributed by atoms with van der Waals surface area (Å²) >= 11 is 5.57. The lowest BCUT2D eigenvalue weighted by atomic mass is 9.51. The maximum absolute atomic E-state index is 15.2. The number of Topliss-reactive ketones (excluding diaryl/α,β-unsaturated/α-hetero) is 2. The minimum Gasteiger partial charge on any atom is -0.508 e. The number of thiocarbonyl (C=S) groups is 1. The van der Waals surface area contributed by atoms with Gasteiger partial charge in [0.05, 0.1) is 11.2 Å². The Morgan fingerprint density at radius 3 is 2.35 bits per heavy atom. The molecule has 4 aliphatic heterocycles. The zero-order chi connectivity index (χ0) is 56.9. The van der Waals surface area contributed by atoms with Crippen molar-refractivity contribution >= 4 is 57.8 Å². The van der Waals surface area contributed by atoms with E-state index in [4.69, 9.17) is 30.8 Å². The third-order valence-electron chi connectivity index (χ3n) is 16.0. The van der Waals surface area contributed by atoms with Crippen molar-refractivity contribution in [2.24, 2.45) is 11.8 Å². The Morgan fingerprint density at radius 2 is 1.65 bits per heavy atom. The largest absolute Gasteiger partial charge is 0.508 e. The Bertz CT molecular complexity index is 3480. The number of aromatic hydroxyl groups is 2. The van der Waals surface area contributed by atoms with Crippen molar-refractivity contribution < 1.29 is 53.1 Å². The highest BCUT2D eigenvalue weighted by Crippen LogP contribution is 2.69. The van der Waals surface area contributed by atoms with Crippen LogP contribution < -0.4 is 30.9 Å². The number of phenolic OH excluding ortho intramolecular Hbond substituents is 2. The van der Waals surface area contributed by atoms with Gasteiger partial charge in [0, 0.05) is 76.8 Å². The number of allylic oxidation sites excluding steroid dienone is 7. The van der Waals surface area contributed by atoms with Gasteiger partial charge in [-0.25, -0.2) is 0 Å². The second kappa shape index (κ2) is 21.6. The van der Waals surface area contributed by atoms with Gasteiger partial charge in [0.15, 0.2) is 33.3 Å². The van der Waals surface area contributed by atoms with Crippen LogP contribution in [0.1, 0.15) is 134 Å². The lowest BCUT2D eigenvalue weighted by Crippen LogP contribution is -2.72. The number of ketones is 2. The van der Waals surface area contributed by atoms with Gasteiger partial charge < -0.3 is 49.9 Å². The number of carbonyl (C=O) groups is 4. The molecule has 0 aromatic heterocycles. The number of fused-ring (bicyclic) bond motifs is 4. The lowest BCUT2D eigenvalue weighted by molar-refractivity contribution is -0.171. The molecule has 1 saturated heterocycles. The average Bonchev–Trinajstić information content (AvgIpc) is 1.76. The zero-order valence-electron chi connectivity index (χ0n) is 46.2. The molecule has 1 saturated carbocycles. The van der Waals surface area contributed by atoms with E-state index in [1.807, 2.05) is 52.8 Å². The van der Waals surface area contributed by atoms with E-state index in [-0.39, 0.29) is 57.7 Å². The molecule has 2 aromatic carbocycles. The number of carboxylic acids is 1. The van der Waals surface area contributed by atoms with E-state index in [0.717, 1.165) is 12.0 Å². The third-order valence-corrected chi connectivity index (χ3v) is 16.3. The summed E-state index contributed by atoms with van der Waals surface area (Å²) in [6, 6.07) is 8.56. The van der Waals surface area contributed by atoms with Crippen LogP contribution in [0.25, 0.3) is 28.4 Å². The van der Waals surface area contributed by atoms with Gasteiger partial charge in [-0.3, -0.25) is 24.0 Å². The zero-order valence-corrected chi connectivity index (χ0v) is 47.0. The molecule has 1 amide bonds. The highest BCUT2D eigenvalue weighted by Gasteiger charge is 2.81. The number of unbranched alkanes of at least 4 members (excludes halogenated alkanes) is 1. The van der Waals surface area contributed by atoms with Crippen LogP contribution in [0, 0.1) is 11.8 Å². The monoisotopic (exact) mass is 1090 g/mol. The molecule has 10 rings (SSSR count). The average molecular weight is 1090 g/mol. The van der Waals surface area contributed by atoms with Gasteiger partial charge in [-0.15, -0.1) is 0 Å². The number of benzene rings is 3. The number of hydrogen-bond acceptors (Lipinski definition) is 12. The number of amides is 1. The Kier molecular flexibility index (Phi) is 15.3. The number of aliphatic carboxylic acids is 1. The van der Waals surface area contributed by atoms with Gasteiger partial charge in [-0.05, 0) is 161 Å². The van der Waals surface area contributed by atoms with E-state index in [1.165, 1.54) is 42.0 Å². The molecule has 4 aliphatic carbocycles. The van der Waals surface area contributed by atoms with E-state index in [1.54, 1.807) is 44.2 Å². The molecule has 15 nitrogen and oxygen atoms in total. The Morgan fingerprint density at radius 1 is 0.911 bits per heavy atom. The van der Waals surface area contributed by atoms with Crippen LogP contribution in [0.2, 0.25) is 0 Å². The molecule has 16 heteroatoms. The van der Waals surface area contributed by atoms with E-state index in [0.29, 0.717) is 101 Å². The van der Waals surface area contributed by atoms with Crippen molar-refractivity contribution in [2.75, 3.05) is 13.1 Å². The van der Waals surface area contributed by atoms with Crippen LogP contribution in [-0.4, -0.2) is 79.4 Å². The molecule has 6 atom stereocenters. The van der Waals surface area contributed by atoms with Gasteiger partial charge in [-0.1, -0.05) is 47.6 Å². The summed E-state index contributed by atoms with van der Waals surface area (Å²) < 4.78 is 27.1. The number of carbonyl (C=O) groups excluding carboxylic acids is 3. The quantitative estimate of drug-likeness (QED) is 0.0136. The molecule has 414 valence electrons. The molecule has 2 aromatic rings. The number of rotatable bonds is 18. The van der Waals surface area contributed by atoms with E-state index >= 15 is 4.79 Å². The molecular weight excluding hydrogens is 1020 g/mol. The summed E-state index contributed by atoms with van der Waals surface area (Å²) in [5, 5.41) is 42.7. The van der Waals surface area contributed by atoms with Gasteiger partial charge in [0.25, 0.3) is 0 Å². The number of nitrogens with one attached hydrogen (secondary N) is 3. The fraction of sp³-hybridized carbons (Fsp3) is 0.397. The summed E-state index contributed by atoms with van der Waals surface area (Å²) in [5.41, 5.74) is 0.349. The number of hydrogen-bond donors (Lipinski definition) is 6. The van der Waals surface area contributed by atoms with Crippen molar-refractivity contribution in [3.05, 3.63) is 145 Å². The lowest BCUT2D eigenvalue weighted by Gasteiger charge is -2.56. The topological polar surface area (TPSA) is 223 Å². The van der Waals surface area contributed by atoms with Gasteiger partial charge in [-0.2, -0.15) is 0 Å². The minimum atomic E-state index is -1.67. The fourth-order valence-corrected chi connectivity index (χ4v) is 12.3. The molecule has 4 bridgehead atoms. The molecule has 0 radical (unpaired) electrons. The molecule has 1 spiro atoms. The summed E-state index contributed by atoms with van der Waals surface area (Å²) in [6.45, 7) is 18.2. The Balaban J connectivity index is 0.860. The maximum Gasteiger partial charge on any atom is 0.314 e. The molecule has 79 heavy (non-hydrogen) atoms. The standard InChI is InChI=1S/C63H69N3O12S/c1-10-38(16-20-43(58(73)74)50-41-21-17-39(67)32-47(41)75-48-33-40(68)18-22-42(48)50)66-59(79)65-29-12-11-28-64-57(72)36(6)23-27-62-56(71)37-30-46-53(70)51-52(69)44-24-26-61(9,25-13-14-34(2)3)76-54(44)45(19-15-35(4)5)55(51)77-63(46,62)49(31-37)60(7,8)78-62/h10,14-18,20-24,26,30,32-33,37,43,49,67,69H,11-13,19,25,27-29,31H2,1-9H3,(H,64,72)(H,73,74)(H2,65,66,79)/b20-16-,36-23-,38-10+. The summed E-state index contributed by atoms with van der Waals surface area (Å²) in [7, 11) is 0. The normalized spacial score (nSPS) is 23.7. The van der Waals surface area contributed by atoms with Crippen molar-refractivity contribution in [1.29, 1.82) is 0 Å². The van der Waals surface area contributed by atoms with Gasteiger partial charge in [0.1, 0.15) is 51.4 Å². The molecule has 6 N–H and O–H groups in total. The number of carboxylic acid groups (broad SMARTS) is 1. The first kappa shape index (κ1) is 56.2. The van der Waals surface area contributed by atoms with Crippen LogP contribution >= 0.6 is 12.2 Å². The van der Waals surface area contributed by atoms with Gasteiger partial charge in [0.2, 0.25) is 5.91 Å². The second-order valence-corrected chi connectivity index (χ2v) is 23.0. The van der Waals surface area contributed by atoms with Crippen molar-refractivity contribution in [3.63, 3.8) is 0 Å². The smallest absolute Gasteiger partial charge is 0.314 e. The van der Waals surface area contributed by atoms with E-state index in [2.05, 4.69) is 35.9 Å². The second-order valence-electron chi connectivity index (χ2n) is 22.6. The molecule has 8 aliphatic rings. The van der Waals surface area contributed by atoms with E-state index < -0.39 is 51.9 Å². The molecular formula is C63H69N3O12S. The van der Waals surface area contributed by atoms with Crippen LogP contribution in [-0.2, 0) is 25.5 Å². The number of ether oxygens (including phenoxy) is 3. The van der Waals surface area contributed by atoms with Crippen molar-refractivity contribution in [1.82, 2.24) is 16.0 Å². The first-order chi connectivity index (χ1) is 37.4. The highest BCUT2D eigenvalue weighted by atomic mass is 32.1. The first-order valence-corrected chi connectivity index (χ1v) is 27.4. The maximum atomic E-state index is 15.2. The summed E-state index contributed by atoms with van der Waals surface area (Å²) in [5.74, 6) is -3.83. The SMILES string of the molecule is C/C=C(\C=C/C(C(=O)O)c1c2ccc(=O)cc-2oc2cc(O)ccc12)NC(=S)NCCCCNC(=O)/C(C)=C\CC12OC(C)(C)C3CC(C=C4C(=O)c5c(O)c6c(c(CC=C(C)C)c5OC431)OC(C)(CCC=C(C)C)C=C6)C2=O. The fourth-order valence-electron chi connectivity index (χ4n) is 12.1. The van der Waals surface area contributed by atoms with Gasteiger partial charge >= 0.3 is 5.97 Å². The molecule has 4 heterocycles. The summed E-state index contributed by atoms with van der Waals surface area (Å²) in [4.78, 5) is 68.8. The van der Waals surface area contributed by atoms with Crippen molar-refractivity contribution in [2.45, 2.75) is 136 Å². The third kappa shape index (κ3) is 10.2. The predicted octanol–water partition coefficient (Wildman–Crippen LogP) is 10.8. The first-order valence-electron chi connectivity index (χ1n) is 27.0. The van der Waals surface area contributed by atoms with Crippen LogP contribution in [0.15, 0.2) is 122 Å². The van der Waals surface area contributed by atoms with Crippen molar-refractivity contribution in [3.8, 4) is 34.3 Å². The summed E-state index contributed by atoms with van der Waals surface area (Å²) in [6.07, 6.45) is 19.6. The molecule has 2 fully saturated rings. The number of phenols is 2. The van der Waals surface area contributed by atoms with E-state index in [9.17, 15) is 34.5 Å². The van der Waals surface area contributed by atoms with Crippen LogP contribution in [0.3, 0.4) is 0 Å². The van der Waals surface area contributed by atoms with Crippen LogP contribution in [0.5, 0.6) is 23.0 Å². The highest BCUT2D eigenvalue weighted by molar-refractivity contribution is 7.80. The predicted molar refractivity (Wildman–Crippen MR) is 307 cm³/mol.